The lowest BCUT2D eigenvalue weighted by molar-refractivity contribution is -0.170. The predicted octanol–water partition coefficient (Wildman–Crippen LogP) is 5.52. The van der Waals surface area contributed by atoms with Gasteiger partial charge in [0.25, 0.3) is 0 Å². The molecule has 0 bridgehead atoms. The van der Waals surface area contributed by atoms with Crippen molar-refractivity contribution in [1.82, 2.24) is 20.0 Å². The van der Waals surface area contributed by atoms with Crippen molar-refractivity contribution in [1.29, 1.82) is 0 Å². The molecule has 0 aromatic heterocycles. The van der Waals surface area contributed by atoms with Gasteiger partial charge < -0.3 is 20.0 Å². The Hall–Kier alpha value is -4.39. The molecule has 210 valence electrons. The van der Waals surface area contributed by atoms with Crippen LogP contribution in [0.5, 0.6) is 0 Å². The van der Waals surface area contributed by atoms with Crippen molar-refractivity contribution in [2.75, 3.05) is 13.1 Å². The number of nitrogens with zero attached hydrogens (tertiary/aromatic N) is 3. The van der Waals surface area contributed by atoms with E-state index < -0.39 is 12.2 Å². The van der Waals surface area contributed by atoms with Gasteiger partial charge in [-0.15, -0.1) is 0 Å². The lowest BCUT2D eigenvalue weighted by atomic mass is 9.91. The summed E-state index contributed by atoms with van der Waals surface area (Å²) in [6.07, 6.45) is 0.451. The summed E-state index contributed by atoms with van der Waals surface area (Å²) < 4.78 is 0. The molecule has 7 nitrogen and oxygen atoms in total. The Morgan fingerprint density at radius 3 is 2.46 bits per heavy atom. The third kappa shape index (κ3) is 5.12. The third-order valence-corrected chi connectivity index (χ3v) is 8.73. The highest BCUT2D eigenvalue weighted by Crippen LogP contribution is 2.32. The summed E-state index contributed by atoms with van der Waals surface area (Å²) in [6.45, 7) is 5.48. The molecule has 4 aromatic carbocycles. The molecular weight excluding hydrogens is 512 g/mol. The van der Waals surface area contributed by atoms with Crippen molar-refractivity contribution in [3.8, 4) is 0 Å². The van der Waals surface area contributed by atoms with Crippen LogP contribution in [0.4, 0.5) is 4.79 Å². The van der Waals surface area contributed by atoms with E-state index >= 15 is 0 Å². The van der Waals surface area contributed by atoms with Gasteiger partial charge in [0.15, 0.2) is 0 Å². The topological polar surface area (TPSA) is 73.0 Å². The number of amides is 4. The van der Waals surface area contributed by atoms with Crippen molar-refractivity contribution >= 4 is 39.4 Å². The zero-order valence-electron chi connectivity index (χ0n) is 23.6. The van der Waals surface area contributed by atoms with Gasteiger partial charge in [0, 0.05) is 26.1 Å². The number of urea groups is 1. The summed E-state index contributed by atoms with van der Waals surface area (Å²) in [5, 5.41) is 7.59. The lowest BCUT2D eigenvalue weighted by Gasteiger charge is -2.53. The highest BCUT2D eigenvalue weighted by Gasteiger charge is 2.50. The van der Waals surface area contributed by atoms with Crippen LogP contribution in [0.2, 0.25) is 0 Å². The van der Waals surface area contributed by atoms with Crippen LogP contribution in [-0.2, 0) is 22.7 Å². The maximum absolute atomic E-state index is 14.0. The molecule has 4 aromatic rings. The smallest absolute Gasteiger partial charge is 0.319 e. The van der Waals surface area contributed by atoms with E-state index in [1.807, 2.05) is 55.1 Å². The van der Waals surface area contributed by atoms with E-state index in [9.17, 15) is 14.4 Å². The van der Waals surface area contributed by atoms with Crippen molar-refractivity contribution in [3.05, 3.63) is 96.1 Å². The second-order valence-corrected chi connectivity index (χ2v) is 11.3. The minimum Gasteiger partial charge on any atom is -0.334 e. The van der Waals surface area contributed by atoms with Gasteiger partial charge in [0.05, 0.1) is 6.54 Å². The van der Waals surface area contributed by atoms with Gasteiger partial charge in [0.2, 0.25) is 11.8 Å². The molecule has 1 N–H and O–H groups in total. The van der Waals surface area contributed by atoms with Crippen molar-refractivity contribution < 1.29 is 14.4 Å². The second-order valence-electron chi connectivity index (χ2n) is 11.3. The molecule has 2 aliphatic heterocycles. The average molecular weight is 549 g/mol. The van der Waals surface area contributed by atoms with Gasteiger partial charge in [-0.05, 0) is 44.7 Å². The highest BCUT2D eigenvalue weighted by atomic mass is 16.2. The fraction of sp³-hybridized carbons (Fsp3) is 0.324. The fourth-order valence-electron chi connectivity index (χ4n) is 6.31. The maximum Gasteiger partial charge on any atom is 0.319 e. The summed E-state index contributed by atoms with van der Waals surface area (Å²) >= 11 is 0. The van der Waals surface area contributed by atoms with E-state index in [0.717, 1.165) is 39.1 Å². The molecule has 41 heavy (non-hydrogen) atoms. The number of nitrogens with one attached hydrogen (secondary N) is 1. The first-order valence-electron chi connectivity index (χ1n) is 14.5. The summed E-state index contributed by atoms with van der Waals surface area (Å²) in [6, 6.07) is 27.8. The Morgan fingerprint density at radius 2 is 1.66 bits per heavy atom. The predicted molar refractivity (Wildman–Crippen MR) is 161 cm³/mol. The first kappa shape index (κ1) is 26.8. The second kappa shape index (κ2) is 11.2. The number of carbonyl (C=O) groups excluding carboxylic acids is 3. The van der Waals surface area contributed by atoms with Gasteiger partial charge >= 0.3 is 6.03 Å². The maximum atomic E-state index is 14.0. The number of benzene rings is 4. The average Bonchev–Trinajstić information content (AvgIpc) is 3.00. The van der Waals surface area contributed by atoms with Gasteiger partial charge in [-0.25, -0.2) is 4.79 Å². The molecule has 3 atom stereocenters. The first-order valence-corrected chi connectivity index (χ1v) is 14.5. The van der Waals surface area contributed by atoms with E-state index in [4.69, 9.17) is 0 Å². The van der Waals surface area contributed by atoms with E-state index in [2.05, 4.69) is 53.8 Å². The Kier molecular flexibility index (Phi) is 7.35. The van der Waals surface area contributed by atoms with Crippen LogP contribution in [0.3, 0.4) is 0 Å². The van der Waals surface area contributed by atoms with E-state index in [1.165, 1.54) is 0 Å². The van der Waals surface area contributed by atoms with Gasteiger partial charge in [-0.1, -0.05) is 99.1 Å². The van der Waals surface area contributed by atoms with Gasteiger partial charge in [-0.2, -0.15) is 0 Å². The molecule has 2 saturated heterocycles. The van der Waals surface area contributed by atoms with E-state index in [1.54, 1.807) is 9.80 Å². The molecule has 7 heteroatoms. The van der Waals surface area contributed by atoms with Gasteiger partial charge in [-0.3, -0.25) is 9.59 Å². The summed E-state index contributed by atoms with van der Waals surface area (Å²) in [5.74, 6) is -0.141. The van der Waals surface area contributed by atoms with Crippen LogP contribution in [-0.4, -0.2) is 57.8 Å². The van der Waals surface area contributed by atoms with Crippen LogP contribution >= 0.6 is 0 Å². The number of hydrogen-bond acceptors (Lipinski definition) is 3. The molecule has 2 fully saturated rings. The van der Waals surface area contributed by atoms with Crippen LogP contribution in [0.15, 0.2) is 84.9 Å². The molecular formula is C34H36N4O3. The Morgan fingerprint density at radius 1 is 0.927 bits per heavy atom. The lowest BCUT2D eigenvalue weighted by Crippen LogP contribution is -2.72. The quantitative estimate of drug-likeness (QED) is 0.345. The minimum absolute atomic E-state index is 0.0371. The Labute approximate surface area is 240 Å². The number of fused-ring (bicyclic) bond motifs is 3. The molecule has 2 heterocycles. The van der Waals surface area contributed by atoms with Gasteiger partial charge in [0.1, 0.15) is 12.2 Å². The van der Waals surface area contributed by atoms with Crippen LogP contribution in [0.25, 0.3) is 21.5 Å². The largest absolute Gasteiger partial charge is 0.334 e. The monoisotopic (exact) mass is 548 g/mol. The third-order valence-electron chi connectivity index (χ3n) is 8.73. The highest BCUT2D eigenvalue weighted by molar-refractivity contribution is 5.92. The molecule has 0 saturated carbocycles. The van der Waals surface area contributed by atoms with E-state index in [-0.39, 0.29) is 36.7 Å². The number of carbonyl (C=O) groups is 3. The molecule has 0 spiro atoms. The fourth-order valence-corrected chi connectivity index (χ4v) is 6.31. The van der Waals surface area contributed by atoms with Crippen molar-refractivity contribution in [2.45, 2.75) is 52.0 Å². The molecule has 2 aliphatic rings. The van der Waals surface area contributed by atoms with Crippen molar-refractivity contribution in [3.63, 3.8) is 0 Å². The molecule has 0 radical (unpaired) electrons. The standard InChI is InChI=1S/C34H36N4O3/c1-3-23(2)32-33(40)36(21-28-13-8-12-26-10-6-7-14-29(26)28)22-30-37(18-17-31(39)38(30)32)34(41)35-20-24-15-16-25-9-4-5-11-27(25)19-24/h4-16,19,23,30,32H,3,17-18,20-22H2,1-2H3,(H,35,41)/t23-,30+,32-/m0/s1. The number of rotatable bonds is 6. The molecule has 6 rings (SSSR count). The first-order chi connectivity index (χ1) is 19.9. The Bertz CT molecular complexity index is 1610. The van der Waals surface area contributed by atoms with Crippen molar-refractivity contribution in [2.24, 2.45) is 5.92 Å². The zero-order chi connectivity index (χ0) is 28.5. The Balaban J connectivity index is 1.26. The molecule has 4 amide bonds. The summed E-state index contributed by atoms with van der Waals surface area (Å²) in [5.41, 5.74) is 2.07. The van der Waals surface area contributed by atoms with E-state index in [0.29, 0.717) is 19.6 Å². The van der Waals surface area contributed by atoms with Crippen LogP contribution < -0.4 is 5.32 Å². The number of hydrogen-bond donors (Lipinski definition) is 1. The normalized spacial score (nSPS) is 19.9. The SMILES string of the molecule is CC[C@H](C)[C@H]1C(=O)N(Cc2cccc3ccccc23)C[C@@H]2N(C(=O)NCc3ccc4ccccc4c3)CCC(=O)N12. The minimum atomic E-state index is -0.600. The number of piperazine rings is 1. The zero-order valence-corrected chi connectivity index (χ0v) is 23.6. The van der Waals surface area contributed by atoms with Crippen LogP contribution in [0, 0.1) is 5.92 Å². The summed E-state index contributed by atoms with van der Waals surface area (Å²) in [7, 11) is 0. The molecule has 0 aliphatic carbocycles. The molecule has 0 unspecified atom stereocenters. The van der Waals surface area contributed by atoms with Crippen LogP contribution in [0.1, 0.15) is 37.8 Å². The summed E-state index contributed by atoms with van der Waals surface area (Å²) in [4.78, 5) is 46.2.